The number of hydrogen-bond acceptors (Lipinski definition) is 13. The van der Waals surface area contributed by atoms with E-state index in [1.807, 2.05) is 13.8 Å². The predicted octanol–water partition coefficient (Wildman–Crippen LogP) is -1.17. The van der Waals surface area contributed by atoms with Crippen LogP contribution < -0.4 is 0 Å². The maximum atomic E-state index is 13.5. The molecule has 0 amide bonds. The van der Waals surface area contributed by atoms with Gasteiger partial charge < -0.3 is 49.2 Å². The Labute approximate surface area is 230 Å². The lowest BCUT2D eigenvalue weighted by Crippen LogP contribution is -2.65. The van der Waals surface area contributed by atoms with Crippen molar-refractivity contribution in [1.82, 2.24) is 0 Å². The zero-order chi connectivity index (χ0) is 29.1. The summed E-state index contributed by atoms with van der Waals surface area (Å²) in [5.74, 6) is -3.07. The van der Waals surface area contributed by atoms with Gasteiger partial charge in [0.15, 0.2) is 6.29 Å². The number of aliphatic hydroxyl groups is 5. The summed E-state index contributed by atoms with van der Waals surface area (Å²) in [7, 11) is 1.26. The van der Waals surface area contributed by atoms with Crippen molar-refractivity contribution in [3.63, 3.8) is 0 Å². The van der Waals surface area contributed by atoms with Crippen molar-refractivity contribution in [1.29, 1.82) is 0 Å². The molecule has 1 saturated carbocycles. The van der Waals surface area contributed by atoms with Crippen LogP contribution in [0.3, 0.4) is 0 Å². The summed E-state index contributed by atoms with van der Waals surface area (Å²) in [6.07, 6.45) is -6.67. The Hall–Kier alpha value is -2.39. The van der Waals surface area contributed by atoms with Gasteiger partial charge in [0, 0.05) is 11.0 Å². The van der Waals surface area contributed by atoms with E-state index in [1.165, 1.54) is 13.2 Å². The smallest absolute Gasteiger partial charge is 0.340 e. The van der Waals surface area contributed by atoms with Crippen molar-refractivity contribution < 1.29 is 63.6 Å². The second-order valence-corrected chi connectivity index (χ2v) is 11.7. The fourth-order valence-electron chi connectivity index (χ4n) is 7.60. The maximum Gasteiger partial charge on any atom is 0.340 e. The van der Waals surface area contributed by atoms with Gasteiger partial charge in [0.05, 0.1) is 31.3 Å². The molecule has 0 aromatic rings. The number of fused-ring (bicyclic) bond motifs is 3. The van der Waals surface area contributed by atoms with Gasteiger partial charge in [0.1, 0.15) is 30.5 Å². The molecule has 5 N–H and O–H groups in total. The molecule has 13 nitrogen and oxygen atoms in total. The number of rotatable bonds is 5. The van der Waals surface area contributed by atoms with Crippen LogP contribution in [-0.4, -0.2) is 106 Å². The first-order valence-electron chi connectivity index (χ1n) is 13.4. The third-order valence-electron chi connectivity index (χ3n) is 9.67. The molecule has 12 atom stereocenters. The summed E-state index contributed by atoms with van der Waals surface area (Å²) < 4.78 is 27.5. The first-order chi connectivity index (χ1) is 18.9. The molecule has 40 heavy (non-hydrogen) atoms. The van der Waals surface area contributed by atoms with E-state index in [-0.39, 0.29) is 24.3 Å². The molecule has 3 heterocycles. The Morgan fingerprint density at radius 2 is 1.82 bits per heavy atom. The predicted molar refractivity (Wildman–Crippen MR) is 130 cm³/mol. The fraction of sp³-hybridized carbons (Fsp3) is 0.741. The molecule has 5 rings (SSSR count). The molecule has 3 aliphatic heterocycles. The Balaban J connectivity index is 1.53. The van der Waals surface area contributed by atoms with Gasteiger partial charge in [-0.2, -0.15) is 0 Å². The molecule has 5 aliphatic rings. The van der Waals surface area contributed by atoms with Gasteiger partial charge >= 0.3 is 17.9 Å². The fourth-order valence-corrected chi connectivity index (χ4v) is 7.60. The largest absolute Gasteiger partial charge is 0.466 e. The average molecular weight is 569 g/mol. The van der Waals surface area contributed by atoms with Gasteiger partial charge in [-0.05, 0) is 43.1 Å². The number of ether oxygens (including phenoxy) is 5. The summed E-state index contributed by atoms with van der Waals surface area (Å²) in [4.78, 5) is 39.0. The van der Waals surface area contributed by atoms with E-state index in [0.29, 0.717) is 18.4 Å². The quantitative estimate of drug-likeness (QED) is 0.197. The highest BCUT2D eigenvalue weighted by Crippen LogP contribution is 2.65. The third-order valence-corrected chi connectivity index (χ3v) is 9.67. The monoisotopic (exact) mass is 568 g/mol. The van der Waals surface area contributed by atoms with Crippen LogP contribution in [-0.2, 0) is 38.1 Å². The number of carbonyl (C=O) groups excluding carboxylic acids is 3. The lowest BCUT2D eigenvalue weighted by molar-refractivity contribution is -0.328. The van der Waals surface area contributed by atoms with E-state index < -0.39 is 90.5 Å². The highest BCUT2D eigenvalue weighted by Gasteiger charge is 2.66. The van der Waals surface area contributed by atoms with Gasteiger partial charge in [0.25, 0.3) is 0 Å². The van der Waals surface area contributed by atoms with E-state index in [9.17, 15) is 39.9 Å². The summed E-state index contributed by atoms with van der Waals surface area (Å²) >= 11 is 0. The molecule has 2 saturated heterocycles. The van der Waals surface area contributed by atoms with Crippen LogP contribution in [0.2, 0.25) is 0 Å². The number of allylic oxidation sites excluding steroid dienone is 1. The second kappa shape index (κ2) is 10.5. The number of carbonyl (C=O) groups is 3. The van der Waals surface area contributed by atoms with Crippen molar-refractivity contribution in [3.8, 4) is 0 Å². The Morgan fingerprint density at radius 1 is 1.10 bits per heavy atom. The number of aliphatic hydroxyl groups excluding tert-OH is 5. The lowest BCUT2D eigenvalue weighted by atomic mass is 9.44. The van der Waals surface area contributed by atoms with Crippen molar-refractivity contribution >= 4 is 17.9 Å². The minimum absolute atomic E-state index is 0.0323. The van der Waals surface area contributed by atoms with E-state index in [1.54, 1.807) is 6.08 Å². The summed E-state index contributed by atoms with van der Waals surface area (Å²) in [6.45, 7) is 3.08. The van der Waals surface area contributed by atoms with E-state index in [2.05, 4.69) is 0 Å². The van der Waals surface area contributed by atoms with Gasteiger partial charge in [0.2, 0.25) is 6.29 Å². The van der Waals surface area contributed by atoms with E-state index in [4.69, 9.17) is 23.7 Å². The van der Waals surface area contributed by atoms with Crippen molar-refractivity contribution in [2.45, 2.75) is 88.7 Å². The van der Waals surface area contributed by atoms with Crippen LogP contribution in [0.5, 0.6) is 0 Å². The van der Waals surface area contributed by atoms with Crippen LogP contribution in [0.4, 0.5) is 0 Å². The number of methoxy groups -OCH3 is 1. The molecular formula is C27H36O13. The molecular weight excluding hydrogens is 532 g/mol. The molecule has 13 heteroatoms. The van der Waals surface area contributed by atoms with Gasteiger partial charge in [-0.3, -0.25) is 4.79 Å². The van der Waals surface area contributed by atoms with Crippen LogP contribution >= 0.6 is 0 Å². The third kappa shape index (κ3) is 4.39. The first kappa shape index (κ1) is 29.1. The summed E-state index contributed by atoms with van der Waals surface area (Å²) in [5, 5.41) is 50.6. The summed E-state index contributed by atoms with van der Waals surface area (Å²) in [6, 6.07) is 0. The Morgan fingerprint density at radius 3 is 2.45 bits per heavy atom. The lowest BCUT2D eigenvalue weighted by Gasteiger charge is -2.62. The van der Waals surface area contributed by atoms with E-state index >= 15 is 0 Å². The standard InChI is InChI=1S/C27H36O13/c1-26-9-14(11-7-18(29)40-22(11)33)37-24(35)13(26)8-17(27(2)12(23(34)36-3)5-4-6-16(26)27)39-25-21(32)20(31)19(30)15(10-28)38-25/h5,7,13-21,25,28-32H,4,6,8-10H2,1-3H3/t13-,14-,15+,16-,17+,18-,19+,20-,21+,25-,26+,27-/m0/s1. The molecule has 0 radical (unpaired) electrons. The van der Waals surface area contributed by atoms with Crippen molar-refractivity contribution in [2.24, 2.45) is 22.7 Å². The second-order valence-electron chi connectivity index (χ2n) is 11.7. The minimum Gasteiger partial charge on any atom is -0.466 e. The zero-order valence-electron chi connectivity index (χ0n) is 22.5. The van der Waals surface area contributed by atoms with Crippen molar-refractivity contribution in [3.05, 3.63) is 23.3 Å². The molecule has 2 aliphatic carbocycles. The topological polar surface area (TPSA) is 199 Å². The highest BCUT2D eigenvalue weighted by molar-refractivity contribution is 5.93. The molecule has 0 spiro atoms. The van der Waals surface area contributed by atoms with Crippen molar-refractivity contribution in [2.75, 3.05) is 13.7 Å². The Kier molecular flexibility index (Phi) is 7.62. The average Bonchev–Trinajstić information content (AvgIpc) is 3.26. The number of esters is 3. The van der Waals surface area contributed by atoms with Crippen LogP contribution in [0.15, 0.2) is 23.3 Å². The van der Waals surface area contributed by atoms with E-state index in [0.717, 1.165) is 0 Å². The molecule has 3 fully saturated rings. The number of cyclic esters (lactones) is 2. The maximum absolute atomic E-state index is 13.5. The zero-order valence-corrected chi connectivity index (χ0v) is 22.5. The summed E-state index contributed by atoms with van der Waals surface area (Å²) in [5.41, 5.74) is -1.50. The van der Waals surface area contributed by atoms with Gasteiger partial charge in [-0.1, -0.05) is 19.9 Å². The Bertz CT molecular complexity index is 1120. The normalized spacial score (nSPS) is 46.8. The van der Waals surface area contributed by atoms with Crippen LogP contribution in [0, 0.1) is 22.7 Å². The molecule has 0 aromatic heterocycles. The van der Waals surface area contributed by atoms with Gasteiger partial charge in [-0.15, -0.1) is 0 Å². The SMILES string of the molecule is COC(=O)C1=CCC[C@H]2[C@]3(C)C[C@@H](C4=C[C@@H](O)OC4=O)OC(=O)[C@@H]3C[C@@H](O[C@@H]3O[C@H](CO)[C@@H](O)[C@H](O)[C@H]3O)[C@@]12C. The van der Waals surface area contributed by atoms with Crippen LogP contribution in [0.1, 0.15) is 39.5 Å². The first-order valence-corrected chi connectivity index (χ1v) is 13.4. The van der Waals surface area contributed by atoms with Gasteiger partial charge in [-0.25, -0.2) is 9.59 Å². The highest BCUT2D eigenvalue weighted by atomic mass is 16.7. The molecule has 0 aromatic carbocycles. The molecule has 0 bridgehead atoms. The van der Waals surface area contributed by atoms with Crippen LogP contribution in [0.25, 0.3) is 0 Å². The molecule has 0 unspecified atom stereocenters. The minimum atomic E-state index is -1.68. The molecule has 222 valence electrons. The number of hydrogen-bond donors (Lipinski definition) is 5.